The molecule has 1 aliphatic rings. The van der Waals surface area contributed by atoms with Crippen molar-refractivity contribution in [2.45, 2.75) is 13.3 Å². The van der Waals surface area contributed by atoms with Crippen molar-refractivity contribution in [2.24, 2.45) is 4.99 Å². The zero-order chi connectivity index (χ0) is 10.6. The van der Waals surface area contributed by atoms with Gasteiger partial charge in [-0.1, -0.05) is 12.7 Å². The molecule has 0 aromatic carbocycles. The third-order valence-electron chi connectivity index (χ3n) is 2.12. The van der Waals surface area contributed by atoms with E-state index in [1.165, 1.54) is 6.20 Å². The van der Waals surface area contributed by atoms with E-state index in [0.717, 1.165) is 17.8 Å². The van der Waals surface area contributed by atoms with Crippen molar-refractivity contribution in [3.63, 3.8) is 0 Å². The SMILES string of the molecule is C=CN=C1CCN(C)C(=O)N/C1=C/C. The molecule has 0 spiro atoms. The average molecular weight is 193 g/mol. The summed E-state index contributed by atoms with van der Waals surface area (Å²) in [6.45, 7) is 6.10. The lowest BCUT2D eigenvalue weighted by Crippen LogP contribution is -2.34. The van der Waals surface area contributed by atoms with Crippen molar-refractivity contribution in [3.8, 4) is 0 Å². The van der Waals surface area contributed by atoms with Crippen molar-refractivity contribution in [3.05, 3.63) is 24.6 Å². The molecule has 4 nitrogen and oxygen atoms in total. The highest BCUT2D eigenvalue weighted by atomic mass is 16.2. The lowest BCUT2D eigenvalue weighted by Gasteiger charge is -2.12. The maximum atomic E-state index is 11.4. The van der Waals surface area contributed by atoms with Gasteiger partial charge in [0.25, 0.3) is 0 Å². The van der Waals surface area contributed by atoms with Crippen LogP contribution in [0.3, 0.4) is 0 Å². The third kappa shape index (κ3) is 2.22. The minimum atomic E-state index is -0.0904. The van der Waals surface area contributed by atoms with Crippen LogP contribution in [0.15, 0.2) is 29.5 Å². The third-order valence-corrected chi connectivity index (χ3v) is 2.12. The van der Waals surface area contributed by atoms with E-state index < -0.39 is 0 Å². The van der Waals surface area contributed by atoms with Crippen molar-refractivity contribution in [1.82, 2.24) is 10.2 Å². The molecule has 76 valence electrons. The average Bonchev–Trinajstić information content (AvgIpc) is 2.31. The second kappa shape index (κ2) is 4.60. The van der Waals surface area contributed by atoms with E-state index in [2.05, 4.69) is 16.9 Å². The fraction of sp³-hybridized carbons (Fsp3) is 0.400. The fourth-order valence-corrected chi connectivity index (χ4v) is 1.28. The molecule has 1 rings (SSSR count). The number of carbonyl (C=O) groups is 1. The first-order valence-electron chi connectivity index (χ1n) is 4.55. The van der Waals surface area contributed by atoms with Crippen LogP contribution in [-0.4, -0.2) is 30.2 Å². The van der Waals surface area contributed by atoms with E-state index in [-0.39, 0.29) is 6.03 Å². The van der Waals surface area contributed by atoms with Crippen molar-refractivity contribution < 1.29 is 4.79 Å². The first-order chi connectivity index (χ1) is 6.69. The predicted octanol–water partition coefficient (Wildman–Crippen LogP) is 1.52. The number of urea groups is 1. The Labute approximate surface area is 84.0 Å². The highest BCUT2D eigenvalue weighted by molar-refractivity contribution is 6.04. The molecule has 0 atom stereocenters. The van der Waals surface area contributed by atoms with E-state index >= 15 is 0 Å². The molecule has 0 aliphatic carbocycles. The van der Waals surface area contributed by atoms with Crippen LogP contribution in [0.1, 0.15) is 13.3 Å². The molecule has 0 aromatic heterocycles. The summed E-state index contributed by atoms with van der Waals surface area (Å²) >= 11 is 0. The molecule has 0 unspecified atom stereocenters. The van der Waals surface area contributed by atoms with Crippen LogP contribution in [-0.2, 0) is 0 Å². The lowest BCUT2D eigenvalue weighted by molar-refractivity contribution is 0.215. The van der Waals surface area contributed by atoms with Crippen LogP contribution in [0.4, 0.5) is 4.79 Å². The number of aliphatic imine (C=N–C) groups is 1. The van der Waals surface area contributed by atoms with E-state index in [1.807, 2.05) is 13.0 Å². The summed E-state index contributed by atoms with van der Waals surface area (Å²) < 4.78 is 0. The first-order valence-corrected chi connectivity index (χ1v) is 4.55. The Morgan fingerprint density at radius 1 is 1.64 bits per heavy atom. The summed E-state index contributed by atoms with van der Waals surface area (Å²) in [4.78, 5) is 17.2. The number of nitrogens with one attached hydrogen (secondary N) is 1. The maximum Gasteiger partial charge on any atom is 0.321 e. The predicted molar refractivity (Wildman–Crippen MR) is 57.2 cm³/mol. The highest BCUT2D eigenvalue weighted by Crippen LogP contribution is 2.07. The van der Waals surface area contributed by atoms with Gasteiger partial charge in [0.05, 0.1) is 11.4 Å². The monoisotopic (exact) mass is 193 g/mol. The molecule has 0 aromatic rings. The van der Waals surface area contributed by atoms with Crippen molar-refractivity contribution >= 4 is 11.7 Å². The molecule has 1 aliphatic heterocycles. The van der Waals surface area contributed by atoms with Gasteiger partial charge in [-0.2, -0.15) is 0 Å². The van der Waals surface area contributed by atoms with Crippen LogP contribution in [0.25, 0.3) is 0 Å². The second-order valence-electron chi connectivity index (χ2n) is 3.06. The molecule has 2 amide bonds. The molecule has 1 saturated heterocycles. The number of amides is 2. The zero-order valence-corrected chi connectivity index (χ0v) is 8.58. The second-order valence-corrected chi connectivity index (χ2v) is 3.06. The van der Waals surface area contributed by atoms with Gasteiger partial charge in [-0.05, 0) is 6.92 Å². The van der Waals surface area contributed by atoms with Crippen LogP contribution in [0, 0.1) is 0 Å². The summed E-state index contributed by atoms with van der Waals surface area (Å²) in [6, 6.07) is -0.0904. The quantitative estimate of drug-likeness (QED) is 0.674. The number of nitrogens with zero attached hydrogens (tertiary/aromatic N) is 2. The summed E-state index contributed by atoms with van der Waals surface area (Å²) in [5.41, 5.74) is 1.65. The number of allylic oxidation sites excluding steroid dienone is 2. The molecular formula is C10H15N3O. The van der Waals surface area contributed by atoms with Gasteiger partial charge in [0.2, 0.25) is 0 Å². The molecule has 1 N–H and O–H groups in total. The van der Waals surface area contributed by atoms with Gasteiger partial charge < -0.3 is 10.2 Å². The largest absolute Gasteiger partial charge is 0.327 e. The van der Waals surface area contributed by atoms with Crippen LogP contribution in [0.2, 0.25) is 0 Å². The van der Waals surface area contributed by atoms with Gasteiger partial charge in [-0.3, -0.25) is 4.99 Å². The normalized spacial score (nSPS) is 23.6. The molecule has 14 heavy (non-hydrogen) atoms. The number of hydrogen-bond donors (Lipinski definition) is 1. The fourth-order valence-electron chi connectivity index (χ4n) is 1.28. The summed E-state index contributed by atoms with van der Waals surface area (Å²) in [5, 5.41) is 2.78. The highest BCUT2D eigenvalue weighted by Gasteiger charge is 2.18. The molecule has 0 radical (unpaired) electrons. The Bertz CT molecular complexity index is 304. The number of hydrogen-bond acceptors (Lipinski definition) is 2. The Morgan fingerprint density at radius 3 is 2.93 bits per heavy atom. The molecular weight excluding hydrogens is 178 g/mol. The Morgan fingerprint density at radius 2 is 2.36 bits per heavy atom. The minimum absolute atomic E-state index is 0.0904. The van der Waals surface area contributed by atoms with Crippen molar-refractivity contribution in [1.29, 1.82) is 0 Å². The summed E-state index contributed by atoms with van der Waals surface area (Å²) in [7, 11) is 1.76. The van der Waals surface area contributed by atoms with Gasteiger partial charge in [0.15, 0.2) is 0 Å². The zero-order valence-electron chi connectivity index (χ0n) is 8.58. The molecule has 0 saturated carbocycles. The summed E-state index contributed by atoms with van der Waals surface area (Å²) in [6.07, 6.45) is 4.09. The van der Waals surface area contributed by atoms with E-state index in [4.69, 9.17) is 0 Å². The number of carbonyl (C=O) groups excluding carboxylic acids is 1. The number of rotatable bonds is 1. The van der Waals surface area contributed by atoms with Gasteiger partial charge in [-0.15, -0.1) is 0 Å². The Kier molecular flexibility index (Phi) is 3.45. The van der Waals surface area contributed by atoms with Gasteiger partial charge in [0.1, 0.15) is 0 Å². The standard InChI is InChI=1S/C10H15N3O/c1-4-8-9(11-5-2)6-7-13(3)10(14)12-8/h4-5H,2,6-7H2,1,3H3,(H,12,14)/b8-4+,11-9?. The smallest absolute Gasteiger partial charge is 0.321 e. The van der Waals surface area contributed by atoms with Crippen molar-refractivity contribution in [2.75, 3.05) is 13.6 Å². The van der Waals surface area contributed by atoms with Gasteiger partial charge >= 0.3 is 6.03 Å². The molecule has 0 bridgehead atoms. The molecule has 1 heterocycles. The Balaban J connectivity index is 2.94. The first kappa shape index (κ1) is 10.5. The summed E-state index contributed by atoms with van der Waals surface area (Å²) in [5.74, 6) is 0. The molecule has 4 heteroatoms. The van der Waals surface area contributed by atoms with E-state index in [1.54, 1.807) is 11.9 Å². The van der Waals surface area contributed by atoms with Crippen LogP contribution < -0.4 is 5.32 Å². The maximum absolute atomic E-state index is 11.4. The Hall–Kier alpha value is -1.58. The van der Waals surface area contributed by atoms with E-state index in [9.17, 15) is 4.79 Å². The van der Waals surface area contributed by atoms with Gasteiger partial charge in [0, 0.05) is 26.2 Å². The van der Waals surface area contributed by atoms with E-state index in [0.29, 0.717) is 6.54 Å². The lowest BCUT2D eigenvalue weighted by atomic mass is 10.2. The van der Waals surface area contributed by atoms with Crippen LogP contribution >= 0.6 is 0 Å². The van der Waals surface area contributed by atoms with Crippen LogP contribution in [0.5, 0.6) is 0 Å². The van der Waals surface area contributed by atoms with Gasteiger partial charge in [-0.25, -0.2) is 4.79 Å². The topological polar surface area (TPSA) is 44.7 Å². The minimum Gasteiger partial charge on any atom is -0.327 e. The molecule has 1 fully saturated rings.